The van der Waals surface area contributed by atoms with E-state index in [1.54, 1.807) is 12.1 Å². The van der Waals surface area contributed by atoms with Crippen molar-refractivity contribution in [1.29, 1.82) is 0 Å². The molecule has 0 spiro atoms. The van der Waals surface area contributed by atoms with E-state index in [1.165, 1.54) is 13.8 Å². The van der Waals surface area contributed by atoms with E-state index in [9.17, 15) is 19.2 Å². The Morgan fingerprint density at radius 3 is 2.21 bits per heavy atom. The van der Waals surface area contributed by atoms with Gasteiger partial charge in [-0.15, -0.1) is 0 Å². The summed E-state index contributed by atoms with van der Waals surface area (Å²) >= 11 is 0. The van der Waals surface area contributed by atoms with Gasteiger partial charge < -0.3 is 10.1 Å². The lowest BCUT2D eigenvalue weighted by molar-refractivity contribution is -0.163. The van der Waals surface area contributed by atoms with Gasteiger partial charge in [-0.2, -0.15) is 0 Å². The van der Waals surface area contributed by atoms with Crippen molar-refractivity contribution in [3.8, 4) is 0 Å². The van der Waals surface area contributed by atoms with Gasteiger partial charge in [-0.1, -0.05) is 31.0 Å². The van der Waals surface area contributed by atoms with E-state index in [2.05, 4.69) is 5.32 Å². The molecule has 3 amide bonds. The van der Waals surface area contributed by atoms with Gasteiger partial charge in [0.2, 0.25) is 11.8 Å². The van der Waals surface area contributed by atoms with Crippen LogP contribution < -0.4 is 5.32 Å². The standard InChI is InChI=1S/C21H26N2O5/c1-12-8-4-7-11-17(12)22-18(24)14(3)28-21(27)13(2)23-19(25)15-9-5-6-10-16(15)20(23)26/h4,7-8,11,13-16H,5-6,9-10H2,1-3H3,(H,22,24)/t13-,14-,15-,16-/m0/s1. The van der Waals surface area contributed by atoms with Gasteiger partial charge >= 0.3 is 5.97 Å². The molecule has 1 aliphatic heterocycles. The second-order valence-electron chi connectivity index (χ2n) is 7.60. The van der Waals surface area contributed by atoms with Crippen LogP contribution in [0.4, 0.5) is 5.69 Å². The molecule has 1 aliphatic carbocycles. The summed E-state index contributed by atoms with van der Waals surface area (Å²) in [6.07, 6.45) is 2.15. The number of nitrogens with zero attached hydrogens (tertiary/aromatic N) is 1. The maximum absolute atomic E-state index is 12.6. The summed E-state index contributed by atoms with van der Waals surface area (Å²) in [6, 6.07) is 6.23. The molecular formula is C21H26N2O5. The molecule has 0 unspecified atom stereocenters. The molecule has 1 aromatic carbocycles. The maximum atomic E-state index is 12.6. The van der Waals surface area contributed by atoms with Gasteiger partial charge in [0.25, 0.3) is 5.91 Å². The molecule has 1 saturated heterocycles. The molecule has 0 aromatic heterocycles. The minimum atomic E-state index is -1.05. The van der Waals surface area contributed by atoms with Crippen LogP contribution in [0.25, 0.3) is 0 Å². The van der Waals surface area contributed by atoms with Crippen LogP contribution in [-0.4, -0.2) is 40.7 Å². The largest absolute Gasteiger partial charge is 0.451 e. The Morgan fingerprint density at radius 2 is 1.64 bits per heavy atom. The van der Waals surface area contributed by atoms with Gasteiger partial charge in [-0.25, -0.2) is 4.79 Å². The van der Waals surface area contributed by atoms with Crippen LogP contribution in [0, 0.1) is 18.8 Å². The van der Waals surface area contributed by atoms with E-state index < -0.39 is 24.0 Å². The number of fused-ring (bicyclic) bond motifs is 1. The molecule has 3 rings (SSSR count). The fourth-order valence-electron chi connectivity index (χ4n) is 3.95. The number of hydrogen-bond acceptors (Lipinski definition) is 5. The predicted molar refractivity (Wildman–Crippen MR) is 102 cm³/mol. The second kappa shape index (κ2) is 8.12. The number of amides is 3. The first-order valence-electron chi connectivity index (χ1n) is 9.75. The molecule has 1 saturated carbocycles. The third-order valence-corrected chi connectivity index (χ3v) is 5.67. The molecule has 150 valence electrons. The molecular weight excluding hydrogens is 360 g/mol. The first-order valence-corrected chi connectivity index (χ1v) is 9.75. The smallest absolute Gasteiger partial charge is 0.329 e. The van der Waals surface area contributed by atoms with Crippen LogP contribution in [0.3, 0.4) is 0 Å². The Balaban J connectivity index is 1.62. The molecule has 0 radical (unpaired) electrons. The van der Waals surface area contributed by atoms with Crippen molar-refractivity contribution in [3.63, 3.8) is 0 Å². The number of anilines is 1. The number of rotatable bonds is 5. The molecule has 1 N–H and O–H groups in total. The number of carbonyl (C=O) groups excluding carboxylic acids is 4. The topological polar surface area (TPSA) is 92.8 Å². The zero-order chi connectivity index (χ0) is 20.4. The molecule has 2 fully saturated rings. The van der Waals surface area contributed by atoms with Crippen molar-refractivity contribution in [2.45, 2.75) is 58.6 Å². The van der Waals surface area contributed by atoms with Crippen LogP contribution in [0.1, 0.15) is 45.1 Å². The van der Waals surface area contributed by atoms with Gasteiger partial charge in [-0.3, -0.25) is 19.3 Å². The number of imide groups is 1. The summed E-state index contributed by atoms with van der Waals surface area (Å²) < 4.78 is 5.25. The van der Waals surface area contributed by atoms with E-state index >= 15 is 0 Å². The summed E-state index contributed by atoms with van der Waals surface area (Å²) in [7, 11) is 0. The Morgan fingerprint density at radius 1 is 1.07 bits per heavy atom. The van der Waals surface area contributed by atoms with E-state index in [-0.39, 0.29) is 23.7 Å². The van der Waals surface area contributed by atoms with Gasteiger partial charge in [0, 0.05) is 5.69 Å². The average Bonchev–Trinajstić information content (AvgIpc) is 2.93. The highest BCUT2D eigenvalue weighted by molar-refractivity contribution is 6.08. The highest BCUT2D eigenvalue weighted by Gasteiger charge is 2.51. The first kappa shape index (κ1) is 20.0. The summed E-state index contributed by atoms with van der Waals surface area (Å²) in [5.41, 5.74) is 1.52. The summed E-state index contributed by atoms with van der Waals surface area (Å²) in [4.78, 5) is 51.1. The fraction of sp³-hybridized carbons (Fsp3) is 0.524. The van der Waals surface area contributed by atoms with Crippen LogP contribution in [-0.2, 0) is 23.9 Å². The van der Waals surface area contributed by atoms with Crippen molar-refractivity contribution >= 4 is 29.4 Å². The van der Waals surface area contributed by atoms with Crippen molar-refractivity contribution in [2.24, 2.45) is 11.8 Å². The van der Waals surface area contributed by atoms with Crippen molar-refractivity contribution in [1.82, 2.24) is 4.90 Å². The Labute approximate surface area is 164 Å². The normalized spacial score (nSPS) is 23.8. The fourth-order valence-corrected chi connectivity index (χ4v) is 3.95. The highest BCUT2D eigenvalue weighted by Crippen LogP contribution is 2.38. The summed E-state index contributed by atoms with van der Waals surface area (Å²) in [5, 5.41) is 2.72. The van der Waals surface area contributed by atoms with E-state index in [4.69, 9.17) is 4.74 Å². The number of ether oxygens (including phenoxy) is 1. The molecule has 4 atom stereocenters. The molecule has 1 aromatic rings. The zero-order valence-corrected chi connectivity index (χ0v) is 16.4. The minimum absolute atomic E-state index is 0.295. The molecule has 2 aliphatic rings. The van der Waals surface area contributed by atoms with E-state index in [0.717, 1.165) is 23.3 Å². The van der Waals surface area contributed by atoms with Crippen LogP contribution in [0.5, 0.6) is 0 Å². The number of para-hydroxylation sites is 1. The van der Waals surface area contributed by atoms with Gasteiger partial charge in [0.15, 0.2) is 6.10 Å². The summed E-state index contributed by atoms with van der Waals surface area (Å²) in [6.45, 7) is 4.80. The Kier molecular flexibility index (Phi) is 5.82. The van der Waals surface area contributed by atoms with E-state index in [1.807, 2.05) is 19.1 Å². The average molecular weight is 386 g/mol. The monoisotopic (exact) mass is 386 g/mol. The number of benzene rings is 1. The predicted octanol–water partition coefficient (Wildman–Crippen LogP) is 2.43. The lowest BCUT2D eigenvalue weighted by Crippen LogP contribution is -2.46. The number of nitrogens with one attached hydrogen (secondary N) is 1. The first-order chi connectivity index (χ1) is 13.3. The van der Waals surface area contributed by atoms with Gasteiger partial charge in [0.1, 0.15) is 6.04 Å². The SMILES string of the molecule is Cc1ccccc1NC(=O)[C@H](C)OC(=O)[C@H](C)N1C(=O)[C@H]2CCCC[C@@H]2C1=O. The number of aryl methyl sites for hydroxylation is 1. The molecule has 7 heteroatoms. The van der Waals surface area contributed by atoms with Crippen molar-refractivity contribution in [3.05, 3.63) is 29.8 Å². The Bertz CT molecular complexity index is 782. The highest BCUT2D eigenvalue weighted by atomic mass is 16.5. The van der Waals surface area contributed by atoms with Crippen LogP contribution in [0.15, 0.2) is 24.3 Å². The maximum Gasteiger partial charge on any atom is 0.329 e. The summed E-state index contributed by atoms with van der Waals surface area (Å²) in [5.74, 6) is -2.46. The number of esters is 1. The van der Waals surface area contributed by atoms with Gasteiger partial charge in [0.05, 0.1) is 11.8 Å². The van der Waals surface area contributed by atoms with Crippen LogP contribution in [0.2, 0.25) is 0 Å². The molecule has 28 heavy (non-hydrogen) atoms. The zero-order valence-electron chi connectivity index (χ0n) is 16.4. The quantitative estimate of drug-likeness (QED) is 0.620. The third kappa shape index (κ3) is 3.79. The third-order valence-electron chi connectivity index (χ3n) is 5.67. The van der Waals surface area contributed by atoms with Gasteiger partial charge in [-0.05, 0) is 45.2 Å². The van der Waals surface area contributed by atoms with Crippen molar-refractivity contribution < 1.29 is 23.9 Å². The number of carbonyl (C=O) groups is 4. The lowest BCUT2D eigenvalue weighted by atomic mass is 9.81. The lowest BCUT2D eigenvalue weighted by Gasteiger charge is -2.23. The minimum Gasteiger partial charge on any atom is -0.451 e. The molecule has 1 heterocycles. The molecule has 0 bridgehead atoms. The van der Waals surface area contributed by atoms with Crippen molar-refractivity contribution in [2.75, 3.05) is 5.32 Å². The second-order valence-corrected chi connectivity index (χ2v) is 7.60. The Hall–Kier alpha value is -2.70. The van der Waals surface area contributed by atoms with Crippen LogP contribution >= 0.6 is 0 Å². The van der Waals surface area contributed by atoms with E-state index in [0.29, 0.717) is 18.5 Å². The molecule has 7 nitrogen and oxygen atoms in total. The number of likely N-dealkylation sites (tertiary alicyclic amines) is 1. The number of hydrogen-bond donors (Lipinski definition) is 1.